The van der Waals surface area contributed by atoms with E-state index in [0.717, 1.165) is 16.9 Å². The molecule has 2 rings (SSSR count). The van der Waals surface area contributed by atoms with Crippen LogP contribution in [0.25, 0.3) is 0 Å². The van der Waals surface area contributed by atoms with Crippen molar-refractivity contribution in [3.63, 3.8) is 0 Å². The van der Waals surface area contributed by atoms with Crippen LogP contribution in [0, 0.1) is 0 Å². The van der Waals surface area contributed by atoms with Gasteiger partial charge >= 0.3 is 0 Å². The Morgan fingerprint density at radius 2 is 2.16 bits per heavy atom. The van der Waals surface area contributed by atoms with E-state index in [1.165, 1.54) is 0 Å². The molecule has 0 fully saturated rings. The van der Waals surface area contributed by atoms with Crippen LogP contribution in [0.5, 0.6) is 5.75 Å². The van der Waals surface area contributed by atoms with Crippen LogP contribution in [0.4, 0.5) is 0 Å². The summed E-state index contributed by atoms with van der Waals surface area (Å²) >= 11 is 6.13. The van der Waals surface area contributed by atoms with Gasteiger partial charge in [-0.15, -0.1) is 0 Å². The van der Waals surface area contributed by atoms with Gasteiger partial charge in [0.2, 0.25) is 0 Å². The predicted octanol–water partition coefficient (Wildman–Crippen LogP) is 2.41. The summed E-state index contributed by atoms with van der Waals surface area (Å²) in [5.41, 5.74) is 1.71. The normalized spacial score (nSPS) is 15.3. The summed E-state index contributed by atoms with van der Waals surface area (Å²) in [6, 6.07) is 3.78. The third kappa shape index (κ3) is 3.20. The van der Waals surface area contributed by atoms with Crippen LogP contribution < -0.4 is 4.74 Å². The fraction of sp³-hybridized carbons (Fsp3) is 0.571. The summed E-state index contributed by atoms with van der Waals surface area (Å²) in [4.78, 5) is 2.08. The topological polar surface area (TPSA) is 41.9 Å². The van der Waals surface area contributed by atoms with Gasteiger partial charge in [0.15, 0.2) is 6.79 Å². The van der Waals surface area contributed by atoms with Crippen LogP contribution in [-0.2, 0) is 17.9 Å². The summed E-state index contributed by atoms with van der Waals surface area (Å²) in [7, 11) is 1.98. The molecule has 0 atom stereocenters. The van der Waals surface area contributed by atoms with Gasteiger partial charge in [0.1, 0.15) is 5.75 Å². The highest BCUT2D eigenvalue weighted by atomic mass is 35.5. The van der Waals surface area contributed by atoms with Gasteiger partial charge in [-0.2, -0.15) is 0 Å². The van der Waals surface area contributed by atoms with Crippen molar-refractivity contribution in [1.29, 1.82) is 0 Å². The molecule has 0 aromatic heterocycles. The molecular formula is C14H20ClNO3. The third-order valence-corrected chi connectivity index (χ3v) is 3.80. The van der Waals surface area contributed by atoms with Gasteiger partial charge in [-0.05, 0) is 33.0 Å². The highest BCUT2D eigenvalue weighted by Gasteiger charge is 2.25. The van der Waals surface area contributed by atoms with Crippen LogP contribution in [0.15, 0.2) is 12.1 Å². The molecule has 1 N–H and O–H groups in total. The first-order valence-electron chi connectivity index (χ1n) is 6.28. The Morgan fingerprint density at radius 3 is 2.84 bits per heavy atom. The lowest BCUT2D eigenvalue weighted by atomic mass is 10.0. The Balaban J connectivity index is 2.27. The highest BCUT2D eigenvalue weighted by Crippen LogP contribution is 2.33. The lowest BCUT2D eigenvalue weighted by molar-refractivity contribution is -0.0180. The van der Waals surface area contributed by atoms with Crippen molar-refractivity contribution in [2.24, 2.45) is 0 Å². The molecule has 1 heterocycles. The minimum absolute atomic E-state index is 0.0935. The van der Waals surface area contributed by atoms with Gasteiger partial charge in [0, 0.05) is 28.2 Å². The first-order chi connectivity index (χ1) is 8.94. The fourth-order valence-electron chi connectivity index (χ4n) is 1.96. The number of halogens is 1. The molecule has 0 unspecified atom stereocenters. The molecule has 0 spiro atoms. The molecule has 1 aromatic rings. The second-order valence-electron chi connectivity index (χ2n) is 5.49. The number of hydrogen-bond donors (Lipinski definition) is 1. The SMILES string of the molecule is CN(Cc1cc(Cl)cc2c1OCOC2)C(C)(C)CO. The number of nitrogens with zero attached hydrogens (tertiary/aromatic N) is 1. The van der Waals surface area contributed by atoms with Crippen molar-refractivity contribution in [3.05, 3.63) is 28.3 Å². The molecule has 0 bridgehead atoms. The molecule has 19 heavy (non-hydrogen) atoms. The van der Waals surface area contributed by atoms with Crippen LogP contribution >= 0.6 is 11.6 Å². The third-order valence-electron chi connectivity index (χ3n) is 3.58. The minimum atomic E-state index is -0.291. The van der Waals surface area contributed by atoms with E-state index in [0.29, 0.717) is 18.2 Å². The second kappa shape index (κ2) is 5.67. The first kappa shape index (κ1) is 14.6. The summed E-state index contributed by atoms with van der Waals surface area (Å²) in [5, 5.41) is 10.1. The molecule has 5 heteroatoms. The van der Waals surface area contributed by atoms with E-state index in [2.05, 4.69) is 4.90 Å². The Hall–Kier alpha value is -0.810. The van der Waals surface area contributed by atoms with E-state index >= 15 is 0 Å². The van der Waals surface area contributed by atoms with Crippen LogP contribution in [0.2, 0.25) is 5.02 Å². The molecule has 1 aliphatic heterocycles. The molecule has 0 saturated carbocycles. The largest absolute Gasteiger partial charge is 0.467 e. The number of fused-ring (bicyclic) bond motifs is 1. The maximum atomic E-state index is 9.42. The number of likely N-dealkylation sites (N-methyl/N-ethyl adjacent to an activating group) is 1. The van der Waals surface area contributed by atoms with E-state index in [9.17, 15) is 5.11 Å². The van der Waals surface area contributed by atoms with Crippen molar-refractivity contribution < 1.29 is 14.6 Å². The molecule has 1 aliphatic rings. The van der Waals surface area contributed by atoms with E-state index in [-0.39, 0.29) is 18.9 Å². The highest BCUT2D eigenvalue weighted by molar-refractivity contribution is 6.30. The maximum Gasteiger partial charge on any atom is 0.189 e. The standard InChI is InChI=1S/C14H20ClNO3/c1-14(2,8-17)16(3)6-10-4-12(15)5-11-7-18-9-19-13(10)11/h4-5,17H,6-9H2,1-3H3. The van der Waals surface area contributed by atoms with Crippen LogP contribution in [0.1, 0.15) is 25.0 Å². The molecule has 0 aliphatic carbocycles. The minimum Gasteiger partial charge on any atom is -0.467 e. The van der Waals surface area contributed by atoms with Gasteiger partial charge in [0.05, 0.1) is 13.2 Å². The van der Waals surface area contributed by atoms with Crippen molar-refractivity contribution >= 4 is 11.6 Å². The summed E-state index contributed by atoms with van der Waals surface area (Å²) in [5.74, 6) is 0.858. The monoisotopic (exact) mass is 285 g/mol. The molecule has 0 radical (unpaired) electrons. The predicted molar refractivity (Wildman–Crippen MR) is 74.4 cm³/mol. The average molecular weight is 286 g/mol. The van der Waals surface area contributed by atoms with Crippen LogP contribution in [0.3, 0.4) is 0 Å². The van der Waals surface area contributed by atoms with Crippen molar-refractivity contribution in [1.82, 2.24) is 4.90 Å². The fourth-order valence-corrected chi connectivity index (χ4v) is 2.23. The molecular weight excluding hydrogens is 266 g/mol. The van der Waals surface area contributed by atoms with Crippen molar-refractivity contribution in [2.45, 2.75) is 32.5 Å². The summed E-state index contributed by atoms with van der Waals surface area (Å²) < 4.78 is 10.9. The number of aliphatic hydroxyl groups excluding tert-OH is 1. The Kier molecular flexibility index (Phi) is 4.36. The number of benzene rings is 1. The molecule has 0 saturated heterocycles. The zero-order valence-electron chi connectivity index (χ0n) is 11.6. The number of aliphatic hydroxyl groups is 1. The van der Waals surface area contributed by atoms with Gasteiger partial charge < -0.3 is 14.6 Å². The van der Waals surface area contributed by atoms with E-state index in [4.69, 9.17) is 21.1 Å². The summed E-state index contributed by atoms with van der Waals surface area (Å²) in [6.45, 7) is 5.54. The van der Waals surface area contributed by atoms with E-state index in [1.807, 2.05) is 33.0 Å². The van der Waals surface area contributed by atoms with Gasteiger partial charge in [-0.25, -0.2) is 0 Å². The lowest BCUT2D eigenvalue weighted by Crippen LogP contribution is -2.43. The van der Waals surface area contributed by atoms with Gasteiger partial charge in [-0.1, -0.05) is 11.6 Å². The Labute approximate surface area is 118 Å². The average Bonchev–Trinajstić information content (AvgIpc) is 2.38. The number of ether oxygens (including phenoxy) is 2. The van der Waals surface area contributed by atoms with Gasteiger partial charge in [0.25, 0.3) is 0 Å². The smallest absolute Gasteiger partial charge is 0.189 e. The Bertz CT molecular complexity index is 462. The molecule has 1 aromatic carbocycles. The zero-order chi connectivity index (χ0) is 14.0. The molecule has 106 valence electrons. The molecule has 0 amide bonds. The van der Waals surface area contributed by atoms with E-state index in [1.54, 1.807) is 0 Å². The number of rotatable bonds is 4. The van der Waals surface area contributed by atoms with Gasteiger partial charge in [-0.3, -0.25) is 4.90 Å². The van der Waals surface area contributed by atoms with Crippen molar-refractivity contribution in [3.8, 4) is 5.75 Å². The number of hydrogen-bond acceptors (Lipinski definition) is 4. The first-order valence-corrected chi connectivity index (χ1v) is 6.66. The quantitative estimate of drug-likeness (QED) is 0.922. The second-order valence-corrected chi connectivity index (χ2v) is 5.93. The maximum absolute atomic E-state index is 9.42. The zero-order valence-corrected chi connectivity index (χ0v) is 12.3. The Morgan fingerprint density at radius 1 is 1.42 bits per heavy atom. The summed E-state index contributed by atoms with van der Waals surface area (Å²) in [6.07, 6.45) is 0. The van der Waals surface area contributed by atoms with Crippen molar-refractivity contribution in [2.75, 3.05) is 20.4 Å². The van der Waals surface area contributed by atoms with Crippen LogP contribution in [-0.4, -0.2) is 36.0 Å². The lowest BCUT2D eigenvalue weighted by Gasteiger charge is -2.34. The molecule has 4 nitrogen and oxygen atoms in total. The van der Waals surface area contributed by atoms with E-state index < -0.39 is 0 Å².